The van der Waals surface area contributed by atoms with E-state index >= 15 is 0 Å². The van der Waals surface area contributed by atoms with Crippen LogP contribution in [0.25, 0.3) is 0 Å². The molecule has 106 valence electrons. The molecule has 0 saturated carbocycles. The topological polar surface area (TPSA) is 96.3 Å². The number of amides is 2. The Kier molecular flexibility index (Phi) is 6.42. The second-order valence-electron chi connectivity index (χ2n) is 4.23. The molecule has 0 bridgehead atoms. The molecule has 1 aromatic heterocycles. The summed E-state index contributed by atoms with van der Waals surface area (Å²) in [4.78, 5) is 26.1. The molecule has 0 saturated heterocycles. The van der Waals surface area contributed by atoms with Crippen LogP contribution in [0.2, 0.25) is 0 Å². The number of nitrogens with one attached hydrogen (secondary N) is 2. The lowest BCUT2D eigenvalue weighted by atomic mass is 10.1. The molecular weight excluding hydrogens is 248 g/mol. The molecule has 1 rings (SSSR count). The zero-order valence-corrected chi connectivity index (χ0v) is 11.0. The molecular formula is C12H20N4O3. The Labute approximate surface area is 112 Å². The van der Waals surface area contributed by atoms with Crippen LogP contribution in [-0.2, 0) is 11.3 Å². The Morgan fingerprint density at radius 1 is 1.42 bits per heavy atom. The minimum absolute atomic E-state index is 0.152. The highest BCUT2D eigenvalue weighted by Gasteiger charge is 2.15. The van der Waals surface area contributed by atoms with Gasteiger partial charge in [-0.15, -0.1) is 0 Å². The van der Waals surface area contributed by atoms with Gasteiger partial charge >= 0.3 is 12.0 Å². The number of aliphatic carboxylic acids is 1. The van der Waals surface area contributed by atoms with Gasteiger partial charge < -0.3 is 20.3 Å². The van der Waals surface area contributed by atoms with Gasteiger partial charge in [-0.05, 0) is 12.8 Å². The number of nitrogens with zero attached hydrogens (tertiary/aromatic N) is 2. The Balaban J connectivity index is 2.09. The summed E-state index contributed by atoms with van der Waals surface area (Å²) in [5.74, 6) is -1.42. The average molecular weight is 268 g/mol. The van der Waals surface area contributed by atoms with Gasteiger partial charge in [-0.25, -0.2) is 9.78 Å². The number of carboxylic acid groups (broad SMARTS) is 1. The summed E-state index contributed by atoms with van der Waals surface area (Å²) in [7, 11) is 0. The molecule has 1 unspecified atom stereocenters. The zero-order valence-electron chi connectivity index (χ0n) is 11.0. The Morgan fingerprint density at radius 3 is 2.79 bits per heavy atom. The van der Waals surface area contributed by atoms with E-state index in [2.05, 4.69) is 15.6 Å². The van der Waals surface area contributed by atoms with E-state index < -0.39 is 11.9 Å². The molecule has 0 aliphatic carbocycles. The molecule has 1 aromatic rings. The fourth-order valence-electron chi connectivity index (χ4n) is 1.57. The highest BCUT2D eigenvalue weighted by atomic mass is 16.4. The quantitative estimate of drug-likeness (QED) is 0.604. The van der Waals surface area contributed by atoms with Crippen molar-refractivity contribution < 1.29 is 14.7 Å². The zero-order chi connectivity index (χ0) is 14.1. The van der Waals surface area contributed by atoms with Crippen LogP contribution in [0.4, 0.5) is 4.79 Å². The van der Waals surface area contributed by atoms with Gasteiger partial charge in [-0.2, -0.15) is 0 Å². The monoisotopic (exact) mass is 268 g/mol. The lowest BCUT2D eigenvalue weighted by Crippen LogP contribution is -2.40. The number of imidazole rings is 1. The number of urea groups is 1. The minimum atomic E-state index is -0.886. The lowest BCUT2D eigenvalue weighted by molar-refractivity contribution is -0.141. The van der Waals surface area contributed by atoms with Crippen molar-refractivity contribution in [3.63, 3.8) is 0 Å². The number of rotatable bonds is 8. The van der Waals surface area contributed by atoms with E-state index in [9.17, 15) is 9.59 Å². The second kappa shape index (κ2) is 8.12. The Bertz CT molecular complexity index is 392. The maximum Gasteiger partial charge on any atom is 0.314 e. The van der Waals surface area contributed by atoms with Gasteiger partial charge in [0.2, 0.25) is 0 Å². The summed E-state index contributed by atoms with van der Waals surface area (Å²) < 4.78 is 1.93. The molecule has 0 aromatic carbocycles. The number of carbonyl (C=O) groups is 2. The molecule has 7 heteroatoms. The molecule has 0 fully saturated rings. The number of aryl methyl sites for hydroxylation is 1. The first-order valence-electron chi connectivity index (χ1n) is 6.33. The van der Waals surface area contributed by atoms with Gasteiger partial charge in [0.1, 0.15) is 0 Å². The third-order valence-corrected chi connectivity index (χ3v) is 2.79. The number of hydrogen-bond acceptors (Lipinski definition) is 3. The summed E-state index contributed by atoms with van der Waals surface area (Å²) in [5.41, 5.74) is 0. The molecule has 0 radical (unpaired) electrons. The van der Waals surface area contributed by atoms with E-state index in [4.69, 9.17) is 5.11 Å². The first-order valence-corrected chi connectivity index (χ1v) is 6.33. The van der Waals surface area contributed by atoms with E-state index in [1.165, 1.54) is 0 Å². The fourth-order valence-corrected chi connectivity index (χ4v) is 1.57. The summed E-state index contributed by atoms with van der Waals surface area (Å²) >= 11 is 0. The largest absolute Gasteiger partial charge is 0.481 e. The van der Waals surface area contributed by atoms with Gasteiger partial charge in [-0.1, -0.05) is 6.92 Å². The number of aromatic nitrogens is 2. The van der Waals surface area contributed by atoms with Crippen LogP contribution in [0.15, 0.2) is 18.7 Å². The first-order chi connectivity index (χ1) is 9.13. The van der Waals surface area contributed by atoms with Crippen molar-refractivity contribution in [2.75, 3.05) is 13.1 Å². The van der Waals surface area contributed by atoms with Gasteiger partial charge in [0.15, 0.2) is 0 Å². The number of carboxylic acids is 1. The van der Waals surface area contributed by atoms with Crippen molar-refractivity contribution in [3.05, 3.63) is 18.7 Å². The van der Waals surface area contributed by atoms with Gasteiger partial charge in [0.25, 0.3) is 0 Å². The smallest absolute Gasteiger partial charge is 0.314 e. The van der Waals surface area contributed by atoms with Gasteiger partial charge in [0, 0.05) is 32.0 Å². The van der Waals surface area contributed by atoms with E-state index in [-0.39, 0.29) is 12.6 Å². The van der Waals surface area contributed by atoms with Crippen molar-refractivity contribution in [2.45, 2.75) is 26.3 Å². The van der Waals surface area contributed by atoms with Crippen LogP contribution in [-0.4, -0.2) is 39.7 Å². The molecule has 7 nitrogen and oxygen atoms in total. The highest BCUT2D eigenvalue weighted by Crippen LogP contribution is 1.99. The van der Waals surface area contributed by atoms with Crippen LogP contribution in [0.3, 0.4) is 0 Å². The summed E-state index contributed by atoms with van der Waals surface area (Å²) in [6, 6.07) is -0.328. The van der Waals surface area contributed by atoms with Crippen LogP contribution in [0.1, 0.15) is 19.8 Å². The lowest BCUT2D eigenvalue weighted by Gasteiger charge is -2.12. The molecule has 1 atom stereocenters. The third-order valence-electron chi connectivity index (χ3n) is 2.79. The van der Waals surface area contributed by atoms with Gasteiger partial charge in [-0.3, -0.25) is 4.79 Å². The summed E-state index contributed by atoms with van der Waals surface area (Å²) in [5, 5.41) is 14.1. The van der Waals surface area contributed by atoms with Crippen molar-refractivity contribution in [3.8, 4) is 0 Å². The second-order valence-corrected chi connectivity index (χ2v) is 4.23. The molecule has 19 heavy (non-hydrogen) atoms. The van der Waals surface area contributed by atoms with E-state index in [0.717, 1.165) is 13.0 Å². The standard InChI is InChI=1S/C12H20N4O3/c1-2-10(11(17)18)8-15-12(19)14-4-3-6-16-7-5-13-9-16/h5,7,9-10H,2-4,6,8H2,1H3,(H,17,18)(H2,14,15,19). The van der Waals surface area contributed by atoms with Crippen molar-refractivity contribution >= 4 is 12.0 Å². The van der Waals surface area contributed by atoms with E-state index in [0.29, 0.717) is 13.0 Å². The maximum atomic E-state index is 11.4. The molecule has 2 amide bonds. The third kappa shape index (κ3) is 5.89. The van der Waals surface area contributed by atoms with E-state index in [1.54, 1.807) is 19.4 Å². The summed E-state index contributed by atoms with van der Waals surface area (Å²) in [6.07, 6.45) is 6.57. The molecule has 1 heterocycles. The normalized spacial score (nSPS) is 11.8. The van der Waals surface area contributed by atoms with Crippen molar-refractivity contribution in [1.29, 1.82) is 0 Å². The maximum absolute atomic E-state index is 11.4. The molecule has 0 aliphatic heterocycles. The van der Waals surface area contributed by atoms with Crippen molar-refractivity contribution in [1.82, 2.24) is 20.2 Å². The SMILES string of the molecule is CCC(CNC(=O)NCCCn1ccnc1)C(=O)O. The first kappa shape index (κ1) is 15.0. The Hall–Kier alpha value is -2.05. The number of carbonyl (C=O) groups excluding carboxylic acids is 1. The van der Waals surface area contributed by atoms with Crippen LogP contribution >= 0.6 is 0 Å². The van der Waals surface area contributed by atoms with Crippen molar-refractivity contribution in [2.24, 2.45) is 5.92 Å². The van der Waals surface area contributed by atoms with Gasteiger partial charge in [0.05, 0.1) is 12.2 Å². The summed E-state index contributed by atoms with van der Waals surface area (Å²) in [6.45, 7) is 3.25. The molecule has 3 N–H and O–H groups in total. The molecule has 0 aliphatic rings. The van der Waals surface area contributed by atoms with Crippen LogP contribution in [0.5, 0.6) is 0 Å². The molecule has 0 spiro atoms. The van der Waals surface area contributed by atoms with Crippen LogP contribution in [0, 0.1) is 5.92 Å². The number of hydrogen-bond donors (Lipinski definition) is 3. The highest BCUT2D eigenvalue weighted by molar-refractivity contribution is 5.75. The predicted octanol–water partition coefficient (Wildman–Crippen LogP) is 0.683. The minimum Gasteiger partial charge on any atom is -0.481 e. The van der Waals surface area contributed by atoms with Crippen LogP contribution < -0.4 is 10.6 Å². The Morgan fingerprint density at radius 2 is 2.21 bits per heavy atom. The van der Waals surface area contributed by atoms with E-state index in [1.807, 2.05) is 10.8 Å². The average Bonchev–Trinajstić information content (AvgIpc) is 2.88. The fraction of sp³-hybridized carbons (Fsp3) is 0.583. The predicted molar refractivity (Wildman–Crippen MR) is 69.7 cm³/mol.